The van der Waals surface area contributed by atoms with Crippen LogP contribution in [0.25, 0.3) is 0 Å². The maximum atomic E-state index is 13.9. The second-order valence-corrected chi connectivity index (χ2v) is 4.48. The molecule has 0 amide bonds. The van der Waals surface area contributed by atoms with Crippen molar-refractivity contribution in [2.75, 3.05) is 7.11 Å². The molecule has 106 valence electrons. The Bertz CT molecular complexity index is 597. The van der Waals surface area contributed by atoms with Gasteiger partial charge < -0.3 is 4.74 Å². The fraction of sp³-hybridized carbons (Fsp3) is 0.200. The summed E-state index contributed by atoms with van der Waals surface area (Å²) in [6.07, 6.45) is 0. The second-order valence-electron chi connectivity index (χ2n) is 4.48. The third-order valence-electron chi connectivity index (χ3n) is 3.16. The molecule has 5 heteroatoms. The highest BCUT2D eigenvalue weighted by Crippen LogP contribution is 2.32. The fourth-order valence-electron chi connectivity index (χ4n) is 2.17. The molecule has 0 aliphatic carbocycles. The molecule has 1 atom stereocenters. The number of benzene rings is 2. The molecule has 0 radical (unpaired) electrons. The average Bonchev–Trinajstić information content (AvgIpc) is 2.43. The lowest BCUT2D eigenvalue weighted by Crippen LogP contribution is -2.30. The van der Waals surface area contributed by atoms with Crippen molar-refractivity contribution in [2.45, 2.75) is 13.0 Å². The summed E-state index contributed by atoms with van der Waals surface area (Å²) in [5, 5.41) is 0. The van der Waals surface area contributed by atoms with E-state index in [-0.39, 0.29) is 5.56 Å². The van der Waals surface area contributed by atoms with Gasteiger partial charge in [-0.05, 0) is 30.7 Å². The fourth-order valence-corrected chi connectivity index (χ4v) is 2.17. The van der Waals surface area contributed by atoms with Crippen molar-refractivity contribution in [2.24, 2.45) is 5.84 Å². The Morgan fingerprint density at radius 3 is 2.35 bits per heavy atom. The van der Waals surface area contributed by atoms with Gasteiger partial charge in [-0.15, -0.1) is 0 Å². The maximum absolute atomic E-state index is 13.9. The standard InChI is InChI=1S/C15H16F2N2O/c1-9-6-7-10(13(8-9)20-2)15(19-18)14-11(16)4-3-5-12(14)17/h3-8,15,19H,18H2,1-2H3. The van der Waals surface area contributed by atoms with Crippen LogP contribution < -0.4 is 16.0 Å². The Labute approximate surface area is 116 Å². The van der Waals surface area contributed by atoms with E-state index in [2.05, 4.69) is 5.43 Å². The van der Waals surface area contributed by atoms with Gasteiger partial charge in [-0.25, -0.2) is 14.2 Å². The zero-order chi connectivity index (χ0) is 14.7. The molecule has 3 nitrogen and oxygen atoms in total. The van der Waals surface area contributed by atoms with E-state index in [4.69, 9.17) is 10.6 Å². The van der Waals surface area contributed by atoms with Gasteiger partial charge >= 0.3 is 0 Å². The first-order valence-electron chi connectivity index (χ1n) is 6.13. The molecule has 20 heavy (non-hydrogen) atoms. The van der Waals surface area contributed by atoms with E-state index in [0.29, 0.717) is 11.3 Å². The van der Waals surface area contributed by atoms with Crippen molar-refractivity contribution in [3.05, 3.63) is 64.7 Å². The van der Waals surface area contributed by atoms with Crippen molar-refractivity contribution >= 4 is 0 Å². The second kappa shape index (κ2) is 5.98. The van der Waals surface area contributed by atoms with Crippen LogP contribution in [0.1, 0.15) is 22.7 Å². The van der Waals surface area contributed by atoms with Crippen LogP contribution in [0, 0.1) is 18.6 Å². The van der Waals surface area contributed by atoms with Crippen molar-refractivity contribution in [3.63, 3.8) is 0 Å². The summed E-state index contributed by atoms with van der Waals surface area (Å²) >= 11 is 0. The summed E-state index contributed by atoms with van der Waals surface area (Å²) in [5.74, 6) is 4.71. The highest BCUT2D eigenvalue weighted by Gasteiger charge is 2.23. The van der Waals surface area contributed by atoms with E-state index in [1.54, 1.807) is 12.1 Å². The molecular weight excluding hydrogens is 262 g/mol. The molecule has 3 N–H and O–H groups in total. The average molecular weight is 278 g/mol. The smallest absolute Gasteiger partial charge is 0.131 e. The van der Waals surface area contributed by atoms with Crippen LogP contribution >= 0.6 is 0 Å². The van der Waals surface area contributed by atoms with Crippen LogP contribution in [0.15, 0.2) is 36.4 Å². The number of halogens is 2. The van der Waals surface area contributed by atoms with E-state index in [1.165, 1.54) is 25.3 Å². The van der Waals surface area contributed by atoms with Gasteiger partial charge in [-0.2, -0.15) is 0 Å². The summed E-state index contributed by atoms with van der Waals surface area (Å²) in [5.41, 5.74) is 3.88. The van der Waals surface area contributed by atoms with Crippen molar-refractivity contribution in [1.29, 1.82) is 0 Å². The summed E-state index contributed by atoms with van der Waals surface area (Å²) in [6, 6.07) is 8.25. The minimum Gasteiger partial charge on any atom is -0.496 e. The number of methoxy groups -OCH3 is 1. The number of hydrogen-bond acceptors (Lipinski definition) is 3. The Morgan fingerprint density at radius 2 is 1.80 bits per heavy atom. The number of hydrazine groups is 1. The number of rotatable bonds is 4. The molecule has 0 aromatic heterocycles. The third-order valence-corrected chi connectivity index (χ3v) is 3.16. The number of nitrogens with two attached hydrogens (primary N) is 1. The molecular formula is C15H16F2N2O. The lowest BCUT2D eigenvalue weighted by atomic mass is 9.96. The molecule has 0 heterocycles. The Morgan fingerprint density at radius 1 is 1.15 bits per heavy atom. The number of hydrogen-bond donors (Lipinski definition) is 2. The zero-order valence-electron chi connectivity index (χ0n) is 11.3. The minimum absolute atomic E-state index is 0.128. The highest BCUT2D eigenvalue weighted by molar-refractivity contribution is 5.44. The van der Waals surface area contributed by atoms with E-state index in [9.17, 15) is 8.78 Å². The van der Waals surface area contributed by atoms with E-state index in [0.717, 1.165) is 5.56 Å². The first-order chi connectivity index (χ1) is 9.58. The minimum atomic E-state index is -0.827. The van der Waals surface area contributed by atoms with E-state index >= 15 is 0 Å². The van der Waals surface area contributed by atoms with E-state index in [1.807, 2.05) is 13.0 Å². The van der Waals surface area contributed by atoms with Crippen LogP contribution in [0.2, 0.25) is 0 Å². The molecule has 2 aromatic rings. The molecule has 1 unspecified atom stereocenters. The van der Waals surface area contributed by atoms with Gasteiger partial charge in [-0.3, -0.25) is 5.84 Å². The van der Waals surface area contributed by atoms with Crippen LogP contribution in [0.5, 0.6) is 5.75 Å². The molecule has 2 rings (SSSR count). The summed E-state index contributed by atoms with van der Waals surface area (Å²) in [4.78, 5) is 0. The van der Waals surface area contributed by atoms with Gasteiger partial charge in [0.15, 0.2) is 0 Å². The Kier molecular flexibility index (Phi) is 4.32. The summed E-state index contributed by atoms with van der Waals surface area (Å²) in [6.45, 7) is 1.90. The summed E-state index contributed by atoms with van der Waals surface area (Å²) in [7, 11) is 1.50. The van der Waals surface area contributed by atoms with Gasteiger partial charge in [0.1, 0.15) is 17.4 Å². The quantitative estimate of drug-likeness (QED) is 0.668. The molecule has 0 saturated heterocycles. The monoisotopic (exact) mass is 278 g/mol. The third kappa shape index (κ3) is 2.64. The molecule has 0 saturated carbocycles. The molecule has 0 aliphatic rings. The van der Waals surface area contributed by atoms with Crippen molar-refractivity contribution < 1.29 is 13.5 Å². The van der Waals surface area contributed by atoms with Gasteiger partial charge in [0.2, 0.25) is 0 Å². The Hall–Kier alpha value is -1.98. The zero-order valence-corrected chi connectivity index (χ0v) is 11.3. The molecule has 0 bridgehead atoms. The summed E-state index contributed by atoms with van der Waals surface area (Å²) < 4.78 is 33.1. The topological polar surface area (TPSA) is 47.3 Å². The molecule has 2 aromatic carbocycles. The van der Waals surface area contributed by atoms with Gasteiger partial charge in [-0.1, -0.05) is 18.2 Å². The maximum Gasteiger partial charge on any atom is 0.131 e. The van der Waals surface area contributed by atoms with E-state index < -0.39 is 17.7 Å². The van der Waals surface area contributed by atoms with Gasteiger partial charge in [0.25, 0.3) is 0 Å². The predicted molar refractivity (Wildman–Crippen MR) is 73.3 cm³/mol. The van der Waals surface area contributed by atoms with Crippen LogP contribution in [0.4, 0.5) is 8.78 Å². The van der Waals surface area contributed by atoms with Crippen LogP contribution in [0.3, 0.4) is 0 Å². The van der Waals surface area contributed by atoms with Crippen molar-refractivity contribution in [1.82, 2.24) is 5.43 Å². The molecule has 0 fully saturated rings. The van der Waals surface area contributed by atoms with Gasteiger partial charge in [0.05, 0.1) is 13.2 Å². The largest absolute Gasteiger partial charge is 0.496 e. The normalized spacial score (nSPS) is 12.2. The Balaban J connectivity index is 2.58. The van der Waals surface area contributed by atoms with Gasteiger partial charge in [0, 0.05) is 11.1 Å². The first kappa shape index (κ1) is 14.4. The van der Waals surface area contributed by atoms with Crippen LogP contribution in [-0.2, 0) is 0 Å². The predicted octanol–water partition coefficient (Wildman–Crippen LogP) is 2.83. The molecule has 0 aliphatic heterocycles. The number of ether oxygens (including phenoxy) is 1. The SMILES string of the molecule is COc1cc(C)ccc1C(NN)c1c(F)cccc1F. The number of nitrogens with one attached hydrogen (secondary N) is 1. The lowest BCUT2D eigenvalue weighted by molar-refractivity contribution is 0.401. The first-order valence-corrected chi connectivity index (χ1v) is 6.13. The van der Waals surface area contributed by atoms with Crippen molar-refractivity contribution in [3.8, 4) is 5.75 Å². The lowest BCUT2D eigenvalue weighted by Gasteiger charge is -2.21. The molecule has 0 spiro atoms. The van der Waals surface area contributed by atoms with Crippen LogP contribution in [-0.4, -0.2) is 7.11 Å². The number of aryl methyl sites for hydroxylation is 1. The highest BCUT2D eigenvalue weighted by atomic mass is 19.1.